The normalized spacial score (nSPS) is 12.4. The third-order valence-corrected chi connectivity index (χ3v) is 4.95. The van der Waals surface area contributed by atoms with Crippen LogP contribution < -0.4 is 26.1 Å². The van der Waals surface area contributed by atoms with Crippen molar-refractivity contribution in [1.82, 2.24) is 14.8 Å². The van der Waals surface area contributed by atoms with Crippen LogP contribution in [0, 0.1) is 0 Å². The summed E-state index contributed by atoms with van der Waals surface area (Å²) in [5.74, 6) is -1.56. The molecule has 0 radical (unpaired) electrons. The summed E-state index contributed by atoms with van der Waals surface area (Å²) in [6.45, 7) is 4.67. The van der Waals surface area contributed by atoms with E-state index < -0.39 is 17.4 Å². The molecule has 3 rings (SSSR count). The van der Waals surface area contributed by atoms with Gasteiger partial charge in [0.25, 0.3) is 23.3 Å². The zero-order valence-corrected chi connectivity index (χ0v) is 17.1. The number of amides is 3. The highest BCUT2D eigenvalue weighted by molar-refractivity contribution is 6.23. The minimum Gasteiger partial charge on any atom is -0.493 e. The molecule has 1 aromatic carbocycles. The lowest BCUT2D eigenvalue weighted by Gasteiger charge is -2.22. The molecule has 0 bridgehead atoms. The fraction of sp³-hybridized carbons (Fsp3) is 0.300. The summed E-state index contributed by atoms with van der Waals surface area (Å²) < 4.78 is 11.8. The van der Waals surface area contributed by atoms with Crippen LogP contribution in [0.2, 0.25) is 0 Å². The van der Waals surface area contributed by atoms with Gasteiger partial charge in [0.1, 0.15) is 5.82 Å². The Kier molecular flexibility index (Phi) is 5.50. The maximum absolute atomic E-state index is 12.9. The van der Waals surface area contributed by atoms with Gasteiger partial charge < -0.3 is 20.1 Å². The summed E-state index contributed by atoms with van der Waals surface area (Å²) in [7, 11) is 2.77. The Labute approximate surface area is 172 Å². The highest BCUT2D eigenvalue weighted by atomic mass is 16.5. The molecule has 0 saturated heterocycles. The quantitative estimate of drug-likeness (QED) is 0.668. The Morgan fingerprint density at radius 1 is 1.07 bits per heavy atom. The SMILES string of the molecule is CCN(CC)C(=O)c1cc(OC)c(OC)c(-n2c(N)c3c(cc2=O)C(=O)NC3=O)c1. The molecule has 10 heteroatoms. The predicted molar refractivity (Wildman–Crippen MR) is 109 cm³/mol. The standard InChI is InChI=1S/C20H22N4O6/c1-5-23(6-2)20(28)10-7-12(16(30-4)13(8-10)29-3)24-14(25)9-11-15(17(24)21)19(27)22-18(11)26/h7-9H,5-6,21H2,1-4H3,(H,22,26,27). The zero-order valence-electron chi connectivity index (χ0n) is 17.1. The number of rotatable bonds is 6. The molecule has 3 amide bonds. The molecule has 0 saturated carbocycles. The molecule has 0 fully saturated rings. The summed E-state index contributed by atoms with van der Waals surface area (Å²) in [4.78, 5) is 51.4. The van der Waals surface area contributed by atoms with Crippen molar-refractivity contribution < 1.29 is 23.9 Å². The lowest BCUT2D eigenvalue weighted by atomic mass is 10.1. The first-order chi connectivity index (χ1) is 14.3. The number of carbonyl (C=O) groups excluding carboxylic acids is 3. The third-order valence-electron chi connectivity index (χ3n) is 4.95. The van der Waals surface area contributed by atoms with Crippen molar-refractivity contribution in [2.45, 2.75) is 13.8 Å². The number of nitrogens with one attached hydrogen (secondary N) is 1. The first kappa shape index (κ1) is 20.9. The van der Waals surface area contributed by atoms with Crippen LogP contribution in [0.25, 0.3) is 5.69 Å². The smallest absolute Gasteiger partial charge is 0.262 e. The number of anilines is 1. The lowest BCUT2D eigenvalue weighted by molar-refractivity contribution is 0.0771. The average molecular weight is 414 g/mol. The second kappa shape index (κ2) is 7.90. The van der Waals surface area contributed by atoms with Gasteiger partial charge in [0.2, 0.25) is 0 Å². The zero-order chi connectivity index (χ0) is 22.2. The van der Waals surface area contributed by atoms with Crippen LogP contribution in [0.4, 0.5) is 5.82 Å². The molecule has 2 heterocycles. The number of hydrogen-bond donors (Lipinski definition) is 2. The number of aromatic nitrogens is 1. The van der Waals surface area contributed by atoms with Gasteiger partial charge in [-0.05, 0) is 26.0 Å². The summed E-state index contributed by atoms with van der Waals surface area (Å²) in [5.41, 5.74) is 5.63. The maximum Gasteiger partial charge on any atom is 0.262 e. The summed E-state index contributed by atoms with van der Waals surface area (Å²) in [6.07, 6.45) is 0. The average Bonchev–Trinajstić information content (AvgIpc) is 3.01. The topological polar surface area (TPSA) is 133 Å². The van der Waals surface area contributed by atoms with E-state index in [1.54, 1.807) is 4.90 Å². The number of ether oxygens (including phenoxy) is 2. The monoisotopic (exact) mass is 414 g/mol. The number of carbonyl (C=O) groups is 3. The van der Waals surface area contributed by atoms with E-state index in [0.717, 1.165) is 10.6 Å². The fourth-order valence-electron chi connectivity index (χ4n) is 3.46. The molecule has 0 atom stereocenters. The molecular formula is C20H22N4O6. The van der Waals surface area contributed by atoms with Crippen LogP contribution in [0.15, 0.2) is 23.0 Å². The minimum absolute atomic E-state index is 0.0972. The Balaban J connectivity index is 2.34. The van der Waals surface area contributed by atoms with Gasteiger partial charge in [0.15, 0.2) is 11.5 Å². The van der Waals surface area contributed by atoms with Gasteiger partial charge in [0, 0.05) is 24.7 Å². The molecule has 0 unspecified atom stereocenters. The minimum atomic E-state index is -0.706. The second-order valence-corrected chi connectivity index (χ2v) is 6.48. The van der Waals surface area contributed by atoms with Crippen LogP contribution in [0.5, 0.6) is 11.5 Å². The van der Waals surface area contributed by atoms with Gasteiger partial charge in [-0.3, -0.25) is 29.1 Å². The molecule has 1 aliphatic rings. The van der Waals surface area contributed by atoms with E-state index in [0.29, 0.717) is 13.1 Å². The third kappa shape index (κ3) is 3.15. The van der Waals surface area contributed by atoms with Gasteiger partial charge in [0.05, 0.1) is 31.0 Å². The maximum atomic E-state index is 12.9. The van der Waals surface area contributed by atoms with Crippen LogP contribution >= 0.6 is 0 Å². The summed E-state index contributed by atoms with van der Waals surface area (Å²) in [6, 6.07) is 3.98. The summed E-state index contributed by atoms with van der Waals surface area (Å²) >= 11 is 0. The van der Waals surface area contributed by atoms with E-state index >= 15 is 0 Å². The fourth-order valence-corrected chi connectivity index (χ4v) is 3.46. The van der Waals surface area contributed by atoms with E-state index in [9.17, 15) is 19.2 Å². The van der Waals surface area contributed by atoms with Gasteiger partial charge in [-0.1, -0.05) is 0 Å². The first-order valence-electron chi connectivity index (χ1n) is 9.25. The highest BCUT2D eigenvalue weighted by Crippen LogP contribution is 2.37. The van der Waals surface area contributed by atoms with Crippen molar-refractivity contribution in [3.05, 3.63) is 45.2 Å². The van der Waals surface area contributed by atoms with Crippen molar-refractivity contribution in [3.63, 3.8) is 0 Å². The number of benzene rings is 1. The lowest BCUT2D eigenvalue weighted by Crippen LogP contribution is -2.31. The Morgan fingerprint density at radius 2 is 1.73 bits per heavy atom. The molecule has 30 heavy (non-hydrogen) atoms. The number of pyridine rings is 1. The Morgan fingerprint density at radius 3 is 2.30 bits per heavy atom. The van der Waals surface area contributed by atoms with E-state index in [1.807, 2.05) is 13.8 Å². The number of nitrogen functional groups attached to an aromatic ring is 1. The first-order valence-corrected chi connectivity index (χ1v) is 9.25. The van der Waals surface area contributed by atoms with Crippen molar-refractivity contribution in [2.75, 3.05) is 33.0 Å². The number of methoxy groups -OCH3 is 2. The van der Waals surface area contributed by atoms with Crippen molar-refractivity contribution in [2.24, 2.45) is 0 Å². The molecule has 0 aliphatic carbocycles. The highest BCUT2D eigenvalue weighted by Gasteiger charge is 2.33. The van der Waals surface area contributed by atoms with Crippen molar-refractivity contribution >= 4 is 23.5 Å². The Bertz CT molecular complexity index is 1120. The van der Waals surface area contributed by atoms with E-state index in [2.05, 4.69) is 5.32 Å². The predicted octanol–water partition coefficient (Wildman–Crippen LogP) is 0.803. The van der Waals surface area contributed by atoms with Crippen LogP contribution in [-0.2, 0) is 0 Å². The van der Waals surface area contributed by atoms with E-state index in [-0.39, 0.29) is 45.6 Å². The molecule has 158 valence electrons. The van der Waals surface area contributed by atoms with E-state index in [1.165, 1.54) is 26.4 Å². The molecule has 10 nitrogen and oxygen atoms in total. The summed E-state index contributed by atoms with van der Waals surface area (Å²) in [5, 5.41) is 2.11. The van der Waals surface area contributed by atoms with Crippen molar-refractivity contribution in [1.29, 1.82) is 0 Å². The molecule has 1 aromatic heterocycles. The van der Waals surface area contributed by atoms with Crippen LogP contribution in [0.1, 0.15) is 44.9 Å². The molecular weight excluding hydrogens is 392 g/mol. The largest absolute Gasteiger partial charge is 0.493 e. The van der Waals surface area contributed by atoms with Gasteiger partial charge in [-0.2, -0.15) is 0 Å². The van der Waals surface area contributed by atoms with Gasteiger partial charge >= 0.3 is 0 Å². The number of nitrogens with two attached hydrogens (primary N) is 1. The molecule has 3 N–H and O–H groups in total. The van der Waals surface area contributed by atoms with Gasteiger partial charge in [-0.25, -0.2) is 0 Å². The van der Waals surface area contributed by atoms with Crippen LogP contribution in [-0.4, -0.2) is 54.5 Å². The van der Waals surface area contributed by atoms with Gasteiger partial charge in [-0.15, -0.1) is 0 Å². The number of imide groups is 1. The second-order valence-electron chi connectivity index (χ2n) is 6.48. The number of fused-ring (bicyclic) bond motifs is 1. The Hall–Kier alpha value is -3.82. The van der Waals surface area contributed by atoms with Crippen molar-refractivity contribution in [3.8, 4) is 17.2 Å². The number of nitrogens with zero attached hydrogens (tertiary/aromatic N) is 2. The molecule has 0 spiro atoms. The molecule has 1 aliphatic heterocycles. The number of hydrogen-bond acceptors (Lipinski definition) is 7. The van der Waals surface area contributed by atoms with Crippen LogP contribution in [0.3, 0.4) is 0 Å². The van der Waals surface area contributed by atoms with E-state index in [4.69, 9.17) is 15.2 Å². The molecule has 2 aromatic rings.